The van der Waals surface area contributed by atoms with E-state index < -0.39 is 16.1 Å². The SMILES string of the molecule is Cc1ccc(S(=O)(=O)N(CC(O)Cn2c3ccccc3c3ccccc32)c2ccc(C(=O)NCCO)cc2)cc1. The molecule has 9 heteroatoms. The van der Waals surface area contributed by atoms with Crippen LogP contribution >= 0.6 is 0 Å². The molecule has 1 aromatic heterocycles. The van der Waals surface area contributed by atoms with E-state index in [1.54, 1.807) is 36.4 Å². The molecule has 0 fully saturated rings. The van der Waals surface area contributed by atoms with Gasteiger partial charge in [0, 0.05) is 33.9 Å². The highest BCUT2D eigenvalue weighted by atomic mass is 32.2. The Morgan fingerprint density at radius 1 is 0.875 bits per heavy atom. The van der Waals surface area contributed by atoms with Crippen molar-refractivity contribution >= 4 is 43.4 Å². The van der Waals surface area contributed by atoms with Crippen LogP contribution in [0, 0.1) is 6.92 Å². The molecule has 0 spiro atoms. The van der Waals surface area contributed by atoms with Gasteiger partial charge in [0.25, 0.3) is 15.9 Å². The minimum Gasteiger partial charge on any atom is -0.395 e. The van der Waals surface area contributed by atoms with Crippen LogP contribution in [0.3, 0.4) is 0 Å². The molecule has 1 unspecified atom stereocenters. The number of carbonyl (C=O) groups is 1. The molecular weight excluding hydrogens is 526 g/mol. The van der Waals surface area contributed by atoms with Crippen LogP contribution in [-0.2, 0) is 16.6 Å². The summed E-state index contributed by atoms with van der Waals surface area (Å²) in [6.07, 6.45) is -1.05. The quantitative estimate of drug-likeness (QED) is 0.240. The second-order valence-electron chi connectivity index (χ2n) is 9.67. The molecule has 0 saturated heterocycles. The molecule has 0 bridgehead atoms. The second-order valence-corrected chi connectivity index (χ2v) is 11.5. The fourth-order valence-corrected chi connectivity index (χ4v) is 6.39. The van der Waals surface area contributed by atoms with Gasteiger partial charge in [-0.25, -0.2) is 8.42 Å². The Bertz CT molecular complexity index is 1690. The number of hydrogen-bond acceptors (Lipinski definition) is 5. The van der Waals surface area contributed by atoms with Gasteiger partial charge in [0.15, 0.2) is 0 Å². The lowest BCUT2D eigenvalue weighted by molar-refractivity contribution is 0.0944. The molecule has 1 atom stereocenters. The number of anilines is 1. The molecule has 4 aromatic carbocycles. The summed E-state index contributed by atoms with van der Waals surface area (Å²) < 4.78 is 30.9. The Labute approximate surface area is 233 Å². The van der Waals surface area contributed by atoms with Crippen molar-refractivity contribution in [2.24, 2.45) is 0 Å². The molecule has 1 amide bonds. The van der Waals surface area contributed by atoms with E-state index in [1.807, 2.05) is 60.0 Å². The van der Waals surface area contributed by atoms with Crippen molar-refractivity contribution in [2.45, 2.75) is 24.5 Å². The molecular formula is C31H31N3O5S. The minimum atomic E-state index is -4.05. The maximum absolute atomic E-state index is 13.9. The number of nitrogens with zero attached hydrogens (tertiary/aromatic N) is 2. The van der Waals surface area contributed by atoms with E-state index in [9.17, 15) is 18.3 Å². The van der Waals surface area contributed by atoms with Gasteiger partial charge in [0.2, 0.25) is 0 Å². The Hall–Kier alpha value is -4.18. The van der Waals surface area contributed by atoms with Crippen molar-refractivity contribution in [2.75, 3.05) is 24.0 Å². The monoisotopic (exact) mass is 557 g/mol. The molecule has 0 aliphatic rings. The highest BCUT2D eigenvalue weighted by molar-refractivity contribution is 7.92. The molecule has 0 saturated carbocycles. The Morgan fingerprint density at radius 3 is 2.02 bits per heavy atom. The normalized spacial score (nSPS) is 12.5. The third-order valence-electron chi connectivity index (χ3n) is 6.87. The van der Waals surface area contributed by atoms with Gasteiger partial charge < -0.3 is 20.1 Å². The van der Waals surface area contributed by atoms with Crippen LogP contribution in [0.1, 0.15) is 15.9 Å². The van der Waals surface area contributed by atoms with E-state index in [0.29, 0.717) is 11.3 Å². The third-order valence-corrected chi connectivity index (χ3v) is 8.68. The zero-order chi connectivity index (χ0) is 28.3. The number of benzene rings is 4. The van der Waals surface area contributed by atoms with Crippen LogP contribution in [-0.4, -0.2) is 54.9 Å². The van der Waals surface area contributed by atoms with Crippen LogP contribution < -0.4 is 9.62 Å². The van der Waals surface area contributed by atoms with E-state index >= 15 is 0 Å². The summed E-state index contributed by atoms with van der Waals surface area (Å²) in [5.41, 5.74) is 3.48. The van der Waals surface area contributed by atoms with Gasteiger partial charge in [-0.2, -0.15) is 0 Å². The van der Waals surface area contributed by atoms with Gasteiger partial charge in [-0.3, -0.25) is 9.10 Å². The van der Waals surface area contributed by atoms with E-state index in [1.165, 1.54) is 16.4 Å². The number of rotatable bonds is 10. The van der Waals surface area contributed by atoms with Crippen molar-refractivity contribution in [3.05, 3.63) is 108 Å². The number of aromatic nitrogens is 1. The third kappa shape index (κ3) is 5.44. The molecule has 3 N–H and O–H groups in total. The smallest absolute Gasteiger partial charge is 0.264 e. The van der Waals surface area contributed by atoms with E-state index in [-0.39, 0.29) is 37.0 Å². The van der Waals surface area contributed by atoms with Crippen molar-refractivity contribution in [3.8, 4) is 0 Å². The van der Waals surface area contributed by atoms with Crippen LogP contribution in [0.2, 0.25) is 0 Å². The molecule has 0 aliphatic carbocycles. The maximum Gasteiger partial charge on any atom is 0.264 e. The topological polar surface area (TPSA) is 112 Å². The summed E-state index contributed by atoms with van der Waals surface area (Å²) in [5.74, 6) is -0.375. The number of sulfonamides is 1. The molecule has 5 aromatic rings. The number of hydrogen-bond donors (Lipinski definition) is 3. The molecule has 8 nitrogen and oxygen atoms in total. The lowest BCUT2D eigenvalue weighted by atomic mass is 10.2. The van der Waals surface area contributed by atoms with Gasteiger partial charge >= 0.3 is 0 Å². The summed E-state index contributed by atoms with van der Waals surface area (Å²) in [7, 11) is -4.05. The minimum absolute atomic E-state index is 0.104. The van der Waals surface area contributed by atoms with Crippen LogP contribution in [0.25, 0.3) is 21.8 Å². The summed E-state index contributed by atoms with van der Waals surface area (Å²) >= 11 is 0. The van der Waals surface area contributed by atoms with E-state index in [0.717, 1.165) is 27.4 Å². The fourth-order valence-electron chi connectivity index (χ4n) is 4.89. The number of para-hydroxylation sites is 2. The molecule has 40 heavy (non-hydrogen) atoms. The van der Waals surface area contributed by atoms with E-state index in [4.69, 9.17) is 5.11 Å². The Kier molecular flexibility index (Phi) is 7.88. The first-order valence-corrected chi connectivity index (χ1v) is 14.5. The standard InChI is InChI=1S/C31H31N3O5S/c1-22-10-16-26(17-11-22)40(38,39)34(24-14-12-23(13-15-24)31(37)32-18-19-35)21-25(36)20-33-29-8-4-2-6-27(29)28-7-3-5-9-30(28)33/h2-17,25,35-36H,18-21H2,1H3,(H,32,37). The summed E-state index contributed by atoms with van der Waals surface area (Å²) in [5, 5.41) is 25.0. The first-order valence-electron chi connectivity index (χ1n) is 13.0. The predicted molar refractivity (Wildman–Crippen MR) is 157 cm³/mol. The van der Waals surface area contributed by atoms with E-state index in [2.05, 4.69) is 5.32 Å². The number of carbonyl (C=O) groups excluding carboxylic acids is 1. The highest BCUT2D eigenvalue weighted by Crippen LogP contribution is 2.30. The van der Waals surface area contributed by atoms with Gasteiger partial charge in [0.05, 0.1) is 36.4 Å². The molecule has 5 rings (SSSR count). The lowest BCUT2D eigenvalue weighted by Gasteiger charge is -2.27. The number of amides is 1. The average molecular weight is 558 g/mol. The number of fused-ring (bicyclic) bond motifs is 3. The van der Waals surface area contributed by atoms with Crippen molar-refractivity contribution < 1.29 is 23.4 Å². The Morgan fingerprint density at radius 2 is 1.45 bits per heavy atom. The fraction of sp³-hybridized carbons (Fsp3) is 0.194. The molecule has 206 valence electrons. The first kappa shape index (κ1) is 27.4. The zero-order valence-electron chi connectivity index (χ0n) is 22.1. The largest absolute Gasteiger partial charge is 0.395 e. The van der Waals surface area contributed by atoms with Crippen molar-refractivity contribution in [3.63, 3.8) is 0 Å². The highest BCUT2D eigenvalue weighted by Gasteiger charge is 2.28. The van der Waals surface area contributed by atoms with Crippen molar-refractivity contribution in [1.82, 2.24) is 9.88 Å². The molecule has 0 radical (unpaired) electrons. The van der Waals surface area contributed by atoms with Crippen LogP contribution in [0.15, 0.2) is 102 Å². The van der Waals surface area contributed by atoms with Crippen LogP contribution in [0.5, 0.6) is 0 Å². The second kappa shape index (κ2) is 11.5. The summed E-state index contributed by atoms with van der Waals surface area (Å²) in [6, 6.07) is 28.6. The molecule has 0 aliphatic heterocycles. The number of aliphatic hydroxyl groups excluding tert-OH is 2. The predicted octanol–water partition coefficient (Wildman–Crippen LogP) is 4.08. The number of aliphatic hydroxyl groups is 2. The van der Waals surface area contributed by atoms with Gasteiger partial charge in [0.1, 0.15) is 0 Å². The van der Waals surface area contributed by atoms with Crippen molar-refractivity contribution in [1.29, 1.82) is 0 Å². The van der Waals surface area contributed by atoms with Crippen LogP contribution in [0.4, 0.5) is 5.69 Å². The van der Waals surface area contributed by atoms with Gasteiger partial charge in [-0.1, -0.05) is 54.1 Å². The maximum atomic E-state index is 13.9. The molecule has 1 heterocycles. The van der Waals surface area contributed by atoms with Gasteiger partial charge in [-0.05, 0) is 55.5 Å². The first-order chi connectivity index (χ1) is 19.3. The number of nitrogens with one attached hydrogen (secondary N) is 1. The summed E-state index contributed by atoms with van der Waals surface area (Å²) in [6.45, 7) is 1.78. The van der Waals surface area contributed by atoms with Gasteiger partial charge in [-0.15, -0.1) is 0 Å². The Balaban J connectivity index is 1.49. The number of aryl methyl sites for hydroxylation is 1. The zero-order valence-corrected chi connectivity index (χ0v) is 22.9. The summed E-state index contributed by atoms with van der Waals surface area (Å²) in [4.78, 5) is 12.4. The lowest BCUT2D eigenvalue weighted by Crippen LogP contribution is -2.39. The average Bonchev–Trinajstić information content (AvgIpc) is 3.28.